The second-order valence-electron chi connectivity index (χ2n) is 5.74. The average Bonchev–Trinajstić information content (AvgIpc) is 2.89. The first-order valence-corrected chi connectivity index (χ1v) is 8.01. The van der Waals surface area contributed by atoms with Gasteiger partial charge in [-0.15, -0.1) is 24.0 Å². The lowest BCUT2D eigenvalue weighted by Crippen LogP contribution is -2.45. The van der Waals surface area contributed by atoms with Gasteiger partial charge in [0.05, 0.1) is 0 Å². The van der Waals surface area contributed by atoms with Crippen LogP contribution in [0.25, 0.3) is 0 Å². The van der Waals surface area contributed by atoms with Crippen molar-refractivity contribution in [2.45, 2.75) is 46.5 Å². The Morgan fingerprint density at radius 2 is 2.14 bits per heavy atom. The van der Waals surface area contributed by atoms with E-state index in [1.165, 1.54) is 12.8 Å². The molecule has 0 radical (unpaired) electrons. The van der Waals surface area contributed by atoms with Gasteiger partial charge in [0.1, 0.15) is 0 Å². The second kappa shape index (κ2) is 10.0. The summed E-state index contributed by atoms with van der Waals surface area (Å²) < 4.78 is 5.11. The lowest BCUT2D eigenvalue weighted by Gasteiger charge is -2.33. The third-order valence-corrected chi connectivity index (χ3v) is 3.80. The number of guanidine groups is 1. The third kappa shape index (κ3) is 6.10. The fourth-order valence-corrected chi connectivity index (χ4v) is 2.50. The first-order valence-electron chi connectivity index (χ1n) is 8.01. The third-order valence-electron chi connectivity index (χ3n) is 3.80. The van der Waals surface area contributed by atoms with Crippen LogP contribution in [0.2, 0.25) is 0 Å². The van der Waals surface area contributed by atoms with Gasteiger partial charge >= 0.3 is 0 Å². The van der Waals surface area contributed by atoms with E-state index in [4.69, 9.17) is 9.52 Å². The van der Waals surface area contributed by atoms with Gasteiger partial charge in [0, 0.05) is 32.6 Å². The molecule has 22 heavy (non-hydrogen) atoms. The number of hydrogen-bond acceptors (Lipinski definition) is 4. The molecule has 2 heterocycles. The molecule has 0 unspecified atom stereocenters. The summed E-state index contributed by atoms with van der Waals surface area (Å²) in [6, 6.07) is 0. The van der Waals surface area contributed by atoms with Crippen LogP contribution in [-0.2, 0) is 6.42 Å². The zero-order valence-electron chi connectivity index (χ0n) is 13.8. The van der Waals surface area contributed by atoms with Crippen LogP contribution in [0.15, 0.2) is 9.52 Å². The van der Waals surface area contributed by atoms with Crippen molar-refractivity contribution < 1.29 is 4.52 Å². The lowest BCUT2D eigenvalue weighted by molar-refractivity contribution is 0.273. The zero-order valence-corrected chi connectivity index (χ0v) is 16.2. The van der Waals surface area contributed by atoms with Crippen molar-refractivity contribution in [3.05, 3.63) is 11.7 Å². The summed E-state index contributed by atoms with van der Waals surface area (Å²) in [6.07, 6.45) is 4.24. The smallest absolute Gasteiger partial charge is 0.226 e. The molecule has 2 rings (SSSR count). The van der Waals surface area contributed by atoms with E-state index < -0.39 is 0 Å². The highest BCUT2D eigenvalue weighted by molar-refractivity contribution is 14.0. The van der Waals surface area contributed by atoms with Crippen LogP contribution in [0.5, 0.6) is 0 Å². The number of aliphatic imine (C=N–C) groups is 1. The Balaban J connectivity index is 0.00000242. The number of nitrogens with zero attached hydrogens (tertiary/aromatic N) is 4. The normalized spacial score (nSPS) is 16.5. The van der Waals surface area contributed by atoms with E-state index in [2.05, 4.69) is 34.2 Å². The predicted molar refractivity (Wildman–Crippen MR) is 98.7 cm³/mol. The Bertz CT molecular complexity index is 455. The summed E-state index contributed by atoms with van der Waals surface area (Å²) in [6.45, 7) is 10.2. The first kappa shape index (κ1) is 19.2. The van der Waals surface area contributed by atoms with Gasteiger partial charge in [0.25, 0.3) is 0 Å². The van der Waals surface area contributed by atoms with Gasteiger partial charge in [-0.3, -0.25) is 4.99 Å². The topological polar surface area (TPSA) is 66.5 Å². The molecule has 1 saturated heterocycles. The van der Waals surface area contributed by atoms with E-state index >= 15 is 0 Å². The SMILES string of the molecule is CCNC(=NCCCc1nc(C)no1)N1CCC(C)CC1.I. The van der Waals surface area contributed by atoms with E-state index in [9.17, 15) is 0 Å². The van der Waals surface area contributed by atoms with Crippen molar-refractivity contribution in [1.29, 1.82) is 0 Å². The highest BCUT2D eigenvalue weighted by Gasteiger charge is 2.18. The number of aryl methyl sites for hydroxylation is 2. The van der Waals surface area contributed by atoms with Crippen LogP contribution in [0.3, 0.4) is 0 Å². The van der Waals surface area contributed by atoms with E-state index in [1.807, 2.05) is 6.92 Å². The molecule has 0 bridgehead atoms. The van der Waals surface area contributed by atoms with Gasteiger partial charge in [-0.1, -0.05) is 12.1 Å². The Hall–Kier alpha value is -0.860. The maximum absolute atomic E-state index is 5.11. The second-order valence-corrected chi connectivity index (χ2v) is 5.74. The number of nitrogens with one attached hydrogen (secondary N) is 1. The molecular formula is C15H28IN5O. The predicted octanol–water partition coefficient (Wildman–Crippen LogP) is 2.63. The molecule has 6 nitrogen and oxygen atoms in total. The number of hydrogen-bond donors (Lipinski definition) is 1. The van der Waals surface area contributed by atoms with Gasteiger partial charge < -0.3 is 14.7 Å². The Morgan fingerprint density at radius 1 is 1.41 bits per heavy atom. The molecule has 0 amide bonds. The molecule has 1 aromatic rings. The molecule has 126 valence electrons. The molecule has 0 saturated carbocycles. The van der Waals surface area contributed by atoms with Crippen LogP contribution < -0.4 is 5.32 Å². The minimum absolute atomic E-state index is 0. The fourth-order valence-electron chi connectivity index (χ4n) is 2.50. The van der Waals surface area contributed by atoms with Crippen molar-refractivity contribution in [3.8, 4) is 0 Å². The quantitative estimate of drug-likeness (QED) is 0.343. The van der Waals surface area contributed by atoms with E-state index in [1.54, 1.807) is 0 Å². The van der Waals surface area contributed by atoms with Crippen LogP contribution in [0, 0.1) is 12.8 Å². The Morgan fingerprint density at radius 3 is 2.73 bits per heavy atom. The summed E-state index contributed by atoms with van der Waals surface area (Å²) in [4.78, 5) is 11.3. The number of likely N-dealkylation sites (tertiary alicyclic amines) is 1. The average molecular weight is 421 g/mol. The van der Waals surface area contributed by atoms with Crippen molar-refractivity contribution >= 4 is 29.9 Å². The molecule has 1 fully saturated rings. The maximum Gasteiger partial charge on any atom is 0.226 e. The van der Waals surface area contributed by atoms with Crippen molar-refractivity contribution in [1.82, 2.24) is 20.4 Å². The molecular weight excluding hydrogens is 393 g/mol. The summed E-state index contributed by atoms with van der Waals surface area (Å²) >= 11 is 0. The van der Waals surface area contributed by atoms with Crippen LogP contribution in [0.4, 0.5) is 0 Å². The molecule has 7 heteroatoms. The number of piperidine rings is 1. The molecule has 0 spiro atoms. The summed E-state index contributed by atoms with van der Waals surface area (Å²) in [5, 5.41) is 7.19. The maximum atomic E-state index is 5.11. The molecule has 1 aliphatic rings. The van der Waals surface area contributed by atoms with Crippen molar-refractivity contribution in [2.75, 3.05) is 26.2 Å². The number of aromatic nitrogens is 2. The van der Waals surface area contributed by atoms with Gasteiger partial charge in [0.15, 0.2) is 11.8 Å². The highest BCUT2D eigenvalue weighted by atomic mass is 127. The standard InChI is InChI=1S/C15H27N5O.HI/c1-4-16-15(20-10-7-12(2)8-11-20)17-9-5-6-14-18-13(3)19-21-14;/h12H,4-11H2,1-3H3,(H,16,17);1H. The minimum Gasteiger partial charge on any atom is -0.357 e. The molecule has 1 N–H and O–H groups in total. The Labute approximate surface area is 150 Å². The van der Waals surface area contributed by atoms with Gasteiger partial charge in [0.2, 0.25) is 5.89 Å². The lowest BCUT2D eigenvalue weighted by atomic mass is 10.00. The number of halogens is 1. The van der Waals surface area contributed by atoms with Gasteiger partial charge in [-0.2, -0.15) is 4.98 Å². The van der Waals surface area contributed by atoms with Crippen molar-refractivity contribution in [3.63, 3.8) is 0 Å². The number of rotatable bonds is 5. The van der Waals surface area contributed by atoms with E-state index in [0.717, 1.165) is 50.9 Å². The van der Waals surface area contributed by atoms with Gasteiger partial charge in [-0.25, -0.2) is 0 Å². The van der Waals surface area contributed by atoms with Crippen LogP contribution in [0.1, 0.15) is 44.8 Å². The Kier molecular flexibility index (Phi) is 8.74. The fraction of sp³-hybridized carbons (Fsp3) is 0.800. The summed E-state index contributed by atoms with van der Waals surface area (Å²) in [7, 11) is 0. The van der Waals surface area contributed by atoms with Gasteiger partial charge in [-0.05, 0) is 39.0 Å². The molecule has 0 aromatic carbocycles. The summed E-state index contributed by atoms with van der Waals surface area (Å²) in [5.74, 6) is 3.29. The van der Waals surface area contributed by atoms with Crippen LogP contribution in [-0.4, -0.2) is 47.2 Å². The monoisotopic (exact) mass is 421 g/mol. The largest absolute Gasteiger partial charge is 0.357 e. The highest BCUT2D eigenvalue weighted by Crippen LogP contribution is 2.15. The minimum atomic E-state index is 0. The van der Waals surface area contributed by atoms with E-state index in [0.29, 0.717) is 11.7 Å². The molecule has 0 aliphatic carbocycles. The van der Waals surface area contributed by atoms with E-state index in [-0.39, 0.29) is 24.0 Å². The summed E-state index contributed by atoms with van der Waals surface area (Å²) in [5.41, 5.74) is 0. The molecule has 1 aromatic heterocycles. The molecule has 1 aliphatic heterocycles. The first-order chi connectivity index (χ1) is 10.2. The van der Waals surface area contributed by atoms with Crippen molar-refractivity contribution in [2.24, 2.45) is 10.9 Å². The molecule has 0 atom stereocenters. The van der Waals surface area contributed by atoms with Crippen LogP contribution >= 0.6 is 24.0 Å². The zero-order chi connectivity index (χ0) is 15.1.